The Morgan fingerprint density at radius 1 is 1.35 bits per heavy atom. The quantitative estimate of drug-likeness (QED) is 0.456. The van der Waals surface area contributed by atoms with Crippen LogP contribution in [-0.2, 0) is 6.54 Å². The first-order valence-electron chi connectivity index (χ1n) is 6.83. The molecule has 3 N–H and O–H groups in total. The van der Waals surface area contributed by atoms with Gasteiger partial charge in [-0.15, -0.1) is 0 Å². The minimum absolute atomic E-state index is 0.00351. The highest BCUT2D eigenvalue weighted by atomic mass is 16.6. The third-order valence-electron chi connectivity index (χ3n) is 3.13. The van der Waals surface area contributed by atoms with Crippen LogP contribution in [0.2, 0.25) is 0 Å². The fraction of sp³-hybridized carbons (Fsp3) is 0.571. The molecule has 0 fully saturated rings. The average Bonchev–Trinajstić information content (AvgIpc) is 2.36. The van der Waals surface area contributed by atoms with Crippen molar-refractivity contribution in [2.75, 3.05) is 12.0 Å². The number of anilines is 1. The predicted molar refractivity (Wildman–Crippen MR) is 81.3 cm³/mol. The van der Waals surface area contributed by atoms with E-state index in [1.54, 1.807) is 12.1 Å². The number of nitrogen functional groups attached to an aromatic ring is 1. The Labute approximate surface area is 120 Å². The standard InChI is InChI=1S/C14H24N4O2/c1-10(2)8-17(11(3)4)9-12-5-6-14(18(19)20)13(7-12)16-15/h5-7,10-11,16H,8-9,15H2,1-4H3. The molecule has 0 bridgehead atoms. The monoisotopic (exact) mass is 280 g/mol. The summed E-state index contributed by atoms with van der Waals surface area (Å²) in [6, 6.07) is 5.45. The summed E-state index contributed by atoms with van der Waals surface area (Å²) in [5.41, 5.74) is 3.76. The number of benzene rings is 1. The van der Waals surface area contributed by atoms with Crippen molar-refractivity contribution in [3.63, 3.8) is 0 Å². The maximum Gasteiger partial charge on any atom is 0.293 e. The lowest BCUT2D eigenvalue weighted by Gasteiger charge is -2.28. The lowest BCUT2D eigenvalue weighted by Crippen LogP contribution is -2.33. The summed E-state index contributed by atoms with van der Waals surface area (Å²) in [6.45, 7) is 10.4. The van der Waals surface area contributed by atoms with Crippen molar-refractivity contribution in [2.24, 2.45) is 11.8 Å². The summed E-state index contributed by atoms with van der Waals surface area (Å²) in [7, 11) is 0. The van der Waals surface area contributed by atoms with Crippen LogP contribution < -0.4 is 11.3 Å². The van der Waals surface area contributed by atoms with Gasteiger partial charge in [0.05, 0.1) is 4.92 Å². The molecule has 1 aromatic carbocycles. The molecule has 0 spiro atoms. The number of nitro benzene ring substituents is 1. The summed E-state index contributed by atoms with van der Waals surface area (Å²) in [5, 5.41) is 10.9. The smallest absolute Gasteiger partial charge is 0.293 e. The van der Waals surface area contributed by atoms with Crippen molar-refractivity contribution < 1.29 is 4.92 Å². The number of nitrogens with two attached hydrogens (primary N) is 1. The van der Waals surface area contributed by atoms with E-state index in [9.17, 15) is 10.1 Å². The minimum Gasteiger partial charge on any atom is -0.318 e. The van der Waals surface area contributed by atoms with Gasteiger partial charge in [-0.25, -0.2) is 0 Å². The van der Waals surface area contributed by atoms with E-state index < -0.39 is 4.92 Å². The van der Waals surface area contributed by atoms with E-state index in [4.69, 9.17) is 5.84 Å². The zero-order valence-corrected chi connectivity index (χ0v) is 12.6. The molecule has 0 saturated heterocycles. The van der Waals surface area contributed by atoms with Gasteiger partial charge in [0.1, 0.15) is 5.69 Å². The second kappa shape index (κ2) is 7.21. The number of hydrogen-bond acceptors (Lipinski definition) is 5. The molecule has 0 unspecified atom stereocenters. The maximum absolute atomic E-state index is 10.9. The molecule has 1 aromatic rings. The van der Waals surface area contributed by atoms with Crippen molar-refractivity contribution >= 4 is 11.4 Å². The van der Waals surface area contributed by atoms with Gasteiger partial charge in [0, 0.05) is 25.2 Å². The normalized spacial score (nSPS) is 11.4. The maximum atomic E-state index is 10.9. The van der Waals surface area contributed by atoms with Gasteiger partial charge in [0.2, 0.25) is 0 Å². The third-order valence-corrected chi connectivity index (χ3v) is 3.13. The van der Waals surface area contributed by atoms with Gasteiger partial charge < -0.3 is 5.43 Å². The van der Waals surface area contributed by atoms with E-state index in [-0.39, 0.29) is 5.69 Å². The second-order valence-electron chi connectivity index (χ2n) is 5.67. The van der Waals surface area contributed by atoms with Crippen LogP contribution in [0.3, 0.4) is 0 Å². The van der Waals surface area contributed by atoms with Crippen molar-refractivity contribution in [3.05, 3.63) is 33.9 Å². The lowest BCUT2D eigenvalue weighted by molar-refractivity contribution is -0.384. The van der Waals surface area contributed by atoms with Crippen LogP contribution in [0.1, 0.15) is 33.3 Å². The number of rotatable bonds is 7. The van der Waals surface area contributed by atoms with Gasteiger partial charge in [0.25, 0.3) is 5.69 Å². The second-order valence-corrected chi connectivity index (χ2v) is 5.67. The minimum atomic E-state index is -0.437. The van der Waals surface area contributed by atoms with E-state index in [0.29, 0.717) is 17.6 Å². The van der Waals surface area contributed by atoms with Crippen LogP contribution in [0.25, 0.3) is 0 Å². The molecule has 0 radical (unpaired) electrons. The van der Waals surface area contributed by atoms with Crippen LogP contribution >= 0.6 is 0 Å². The summed E-state index contributed by atoms with van der Waals surface area (Å²) < 4.78 is 0. The molecule has 1 rings (SSSR count). The number of nitrogens with zero attached hydrogens (tertiary/aromatic N) is 2. The van der Waals surface area contributed by atoms with Crippen molar-refractivity contribution in [1.82, 2.24) is 4.90 Å². The summed E-state index contributed by atoms with van der Waals surface area (Å²) in [4.78, 5) is 12.8. The van der Waals surface area contributed by atoms with Gasteiger partial charge in [-0.3, -0.25) is 20.9 Å². The molecule has 20 heavy (non-hydrogen) atoms. The van der Waals surface area contributed by atoms with Gasteiger partial charge in [-0.1, -0.05) is 19.9 Å². The van der Waals surface area contributed by atoms with Crippen LogP contribution in [0, 0.1) is 16.0 Å². The molecular formula is C14H24N4O2. The highest BCUT2D eigenvalue weighted by Crippen LogP contribution is 2.25. The fourth-order valence-corrected chi connectivity index (χ4v) is 2.12. The van der Waals surface area contributed by atoms with Crippen LogP contribution in [0.4, 0.5) is 11.4 Å². The number of hydrazine groups is 1. The Hall–Kier alpha value is -1.66. The highest BCUT2D eigenvalue weighted by molar-refractivity contribution is 5.62. The Morgan fingerprint density at radius 2 is 2.00 bits per heavy atom. The number of nitrogens with one attached hydrogen (secondary N) is 1. The van der Waals surface area contributed by atoms with Crippen LogP contribution in [-0.4, -0.2) is 22.4 Å². The van der Waals surface area contributed by atoms with E-state index >= 15 is 0 Å². The van der Waals surface area contributed by atoms with E-state index in [0.717, 1.165) is 18.7 Å². The topological polar surface area (TPSA) is 84.4 Å². The van der Waals surface area contributed by atoms with Crippen molar-refractivity contribution in [3.8, 4) is 0 Å². The molecule has 0 heterocycles. The van der Waals surface area contributed by atoms with Gasteiger partial charge in [0.15, 0.2) is 0 Å². The van der Waals surface area contributed by atoms with E-state index in [1.165, 1.54) is 6.07 Å². The molecule has 0 saturated carbocycles. The molecule has 6 nitrogen and oxygen atoms in total. The molecule has 6 heteroatoms. The largest absolute Gasteiger partial charge is 0.318 e. The van der Waals surface area contributed by atoms with Crippen LogP contribution in [0.5, 0.6) is 0 Å². The third kappa shape index (κ3) is 4.47. The predicted octanol–water partition coefficient (Wildman–Crippen LogP) is 2.75. The molecule has 112 valence electrons. The zero-order valence-electron chi connectivity index (χ0n) is 12.6. The zero-order chi connectivity index (χ0) is 15.3. The Morgan fingerprint density at radius 3 is 2.45 bits per heavy atom. The first-order valence-corrected chi connectivity index (χ1v) is 6.83. The van der Waals surface area contributed by atoms with Crippen molar-refractivity contribution in [2.45, 2.75) is 40.3 Å². The number of hydrogen-bond donors (Lipinski definition) is 2. The Balaban J connectivity index is 2.93. The fourth-order valence-electron chi connectivity index (χ4n) is 2.12. The van der Waals surface area contributed by atoms with Crippen LogP contribution in [0.15, 0.2) is 18.2 Å². The van der Waals surface area contributed by atoms with Crippen molar-refractivity contribution in [1.29, 1.82) is 0 Å². The highest BCUT2D eigenvalue weighted by Gasteiger charge is 2.16. The first-order chi connectivity index (χ1) is 9.35. The van der Waals surface area contributed by atoms with Gasteiger partial charge in [-0.2, -0.15) is 0 Å². The first kappa shape index (κ1) is 16.4. The molecule has 0 aromatic heterocycles. The van der Waals surface area contributed by atoms with E-state index in [1.807, 2.05) is 0 Å². The molecule has 0 aliphatic heterocycles. The Bertz CT molecular complexity index is 460. The molecule has 0 atom stereocenters. The average molecular weight is 280 g/mol. The van der Waals surface area contributed by atoms with Gasteiger partial charge in [-0.05, 0) is 31.4 Å². The molecular weight excluding hydrogens is 256 g/mol. The SMILES string of the molecule is CC(C)CN(Cc1ccc([N+](=O)[O-])c(NN)c1)C(C)C. The summed E-state index contributed by atoms with van der Waals surface area (Å²) in [6.07, 6.45) is 0. The lowest BCUT2D eigenvalue weighted by atomic mass is 10.1. The van der Waals surface area contributed by atoms with E-state index in [2.05, 4.69) is 38.0 Å². The van der Waals surface area contributed by atoms with Gasteiger partial charge >= 0.3 is 0 Å². The molecule has 0 aliphatic carbocycles. The summed E-state index contributed by atoms with van der Waals surface area (Å²) >= 11 is 0. The number of nitro groups is 1. The molecule has 0 aliphatic rings. The molecule has 0 amide bonds. The Kier molecular flexibility index (Phi) is 5.91. The summed E-state index contributed by atoms with van der Waals surface area (Å²) in [5.74, 6) is 5.93.